The largest absolute Gasteiger partial charge is 0.481 e. The number of aliphatic hydroxyl groups excluding tert-OH is 11. The predicted octanol–water partition coefficient (Wildman–Crippen LogP) is -14.8. The first kappa shape index (κ1) is 77.6. The number of likely N-dealkylation sites (tertiary alicyclic amines) is 1. The van der Waals surface area contributed by atoms with E-state index in [1.807, 2.05) is 5.32 Å². The lowest BCUT2D eigenvalue weighted by Crippen LogP contribution is -2.67. The van der Waals surface area contributed by atoms with Crippen molar-refractivity contribution in [1.82, 2.24) is 36.8 Å². The summed E-state index contributed by atoms with van der Waals surface area (Å²) in [5.74, 6) is -12.7. The van der Waals surface area contributed by atoms with Crippen molar-refractivity contribution in [2.45, 2.75) is 179 Å². The normalized spacial score (nSPS) is 32.6. The molecule has 42 heteroatoms. The van der Waals surface area contributed by atoms with Gasteiger partial charge in [-0.05, 0) is 18.4 Å². The molecule has 0 aliphatic carbocycles. The van der Waals surface area contributed by atoms with Crippen LogP contribution in [0.4, 0.5) is 0 Å². The number of nitrogens with zero attached hydrogens (tertiary/aromatic N) is 1. The number of primary amides is 2. The molecule has 6 rings (SSSR count). The number of amides is 9. The lowest BCUT2D eigenvalue weighted by Gasteiger charge is -2.48. The molecule has 9 amide bonds. The van der Waals surface area contributed by atoms with Gasteiger partial charge in [-0.2, -0.15) is 0 Å². The Labute approximate surface area is 542 Å². The molecule has 42 nitrogen and oxygen atoms in total. The summed E-state index contributed by atoms with van der Waals surface area (Å²) >= 11 is 0. The zero-order valence-corrected chi connectivity index (χ0v) is 50.7. The highest BCUT2D eigenvalue weighted by Gasteiger charge is 2.56. The molecule has 5 aliphatic rings. The van der Waals surface area contributed by atoms with Crippen molar-refractivity contribution < 1.29 is 157 Å². The van der Waals surface area contributed by atoms with E-state index in [4.69, 9.17) is 55.1 Å². The Bertz CT molecular complexity index is 2870. The van der Waals surface area contributed by atoms with E-state index in [0.29, 0.717) is 12.0 Å². The van der Waals surface area contributed by atoms with Gasteiger partial charge < -0.3 is 158 Å². The Hall–Kier alpha value is -7.41. The number of carboxylic acid groups (broad SMARTS) is 2. The topological polar surface area (TPSA) is 678 Å². The first-order valence-electron chi connectivity index (χ1n) is 29.7. The first-order chi connectivity index (χ1) is 45.3. The molecular weight excluding hydrogens is 1300 g/mol. The zero-order valence-electron chi connectivity index (χ0n) is 50.7. The summed E-state index contributed by atoms with van der Waals surface area (Å²) in [5.41, 5.74) is 17.0. The maximum absolute atomic E-state index is 13.9. The molecule has 24 atom stereocenters. The number of hydrogen-bond donors (Lipinski definition) is 22. The zero-order chi connectivity index (χ0) is 71.0. The van der Waals surface area contributed by atoms with Gasteiger partial charge in [-0.3, -0.25) is 47.9 Å². The van der Waals surface area contributed by atoms with Gasteiger partial charge in [0.15, 0.2) is 31.3 Å². The molecule has 0 radical (unpaired) electrons. The van der Waals surface area contributed by atoms with E-state index in [-0.39, 0.29) is 19.4 Å². The van der Waals surface area contributed by atoms with Crippen LogP contribution in [0.15, 0.2) is 30.3 Å². The van der Waals surface area contributed by atoms with E-state index in [0.717, 1.165) is 0 Å². The van der Waals surface area contributed by atoms with Crippen LogP contribution in [0.5, 0.6) is 0 Å². The third-order valence-electron chi connectivity index (χ3n) is 15.7. The maximum Gasteiger partial charge on any atom is 0.335 e. The molecule has 538 valence electrons. The summed E-state index contributed by atoms with van der Waals surface area (Å²) in [4.78, 5) is 141. The molecule has 96 heavy (non-hydrogen) atoms. The molecule has 5 saturated heterocycles. The van der Waals surface area contributed by atoms with Crippen LogP contribution >= 0.6 is 0 Å². The van der Waals surface area contributed by atoms with Crippen molar-refractivity contribution in [2.24, 2.45) is 17.2 Å². The minimum absolute atomic E-state index is 0.0872. The monoisotopic (exact) mass is 1380 g/mol. The van der Waals surface area contributed by atoms with E-state index in [2.05, 4.69) is 26.6 Å². The molecule has 0 saturated carbocycles. The lowest BCUT2D eigenvalue weighted by molar-refractivity contribution is -0.385. The third-order valence-corrected chi connectivity index (χ3v) is 15.7. The molecular formula is C54H80N10O32. The Kier molecular flexibility index (Phi) is 28.9. The van der Waals surface area contributed by atoms with Crippen LogP contribution in [0.25, 0.3) is 0 Å². The third kappa shape index (κ3) is 20.6. The maximum atomic E-state index is 13.9. The second-order valence-corrected chi connectivity index (χ2v) is 22.7. The van der Waals surface area contributed by atoms with E-state index < -0.39 is 271 Å². The molecule has 0 unspecified atom stereocenters. The lowest BCUT2D eigenvalue weighted by atomic mass is 9.96. The molecule has 1 aromatic carbocycles. The van der Waals surface area contributed by atoms with Crippen molar-refractivity contribution >= 4 is 65.1 Å². The summed E-state index contributed by atoms with van der Waals surface area (Å²) in [5, 5.41) is 150. The smallest absolute Gasteiger partial charge is 0.335 e. The molecule has 25 N–H and O–H groups in total. The quantitative estimate of drug-likeness (QED) is 0.0318. The van der Waals surface area contributed by atoms with Gasteiger partial charge in [-0.1, -0.05) is 30.3 Å². The number of carbonyl (C=O) groups is 11. The number of nitrogens with one attached hydrogen (secondary N) is 6. The van der Waals surface area contributed by atoms with Gasteiger partial charge >= 0.3 is 11.9 Å². The van der Waals surface area contributed by atoms with Crippen LogP contribution in [0.1, 0.15) is 31.2 Å². The molecule has 0 aromatic heterocycles. The molecule has 0 spiro atoms. The second kappa shape index (κ2) is 35.7. The van der Waals surface area contributed by atoms with Crippen LogP contribution < -0.4 is 49.1 Å². The molecule has 0 bridgehead atoms. The van der Waals surface area contributed by atoms with Crippen LogP contribution in [0, 0.1) is 0 Å². The average molecular weight is 1380 g/mol. The Morgan fingerprint density at radius 3 is 1.67 bits per heavy atom. The number of ether oxygens (including phenoxy) is 8. The van der Waals surface area contributed by atoms with Crippen LogP contribution in [0.2, 0.25) is 0 Å². The standard InChI is InChI=1S/C54H80N10O32/c55-20(17-89-51-38(78)33(73)27(18-90-51)93-53-40(80)42(34(74)25(15-65)91-53)95-54-41(81)43(35(75)26(16-66)92-54)94-52-39(79)36(76)37(77)44(96-52)50(87)88)45(82)59-13-30(69)61-22(11-32(71)72)47(84)63-21(10-28(56)67)46(83)60-14-31(70)62-23(9-19-5-2-1-3-6-19)49(86)64-8-4-7-24(64)48(85)58-12-29(57)68/h1-3,5-6,20-27,33-44,51-54,65-66,73-81H,4,7-18,55H2,(H2,56,67)(H2,57,68)(H,58,85)(H,59,82)(H,60,83)(H,61,69)(H,62,70)(H,63,84)(H,71,72)(H,87,88)/t20-,21-,22-,23-,24-,25+,26+,27+,33-,34-,35-,36-,37-,38+,39+,40+,41+,42-,43-,44-,51+,52+,53-,54-/m0/s1. The minimum atomic E-state index is -2.24. The van der Waals surface area contributed by atoms with E-state index >= 15 is 0 Å². The molecule has 5 heterocycles. The summed E-state index contributed by atoms with van der Waals surface area (Å²) in [6.07, 6.45) is -40.0. The Morgan fingerprint density at radius 2 is 1.11 bits per heavy atom. The summed E-state index contributed by atoms with van der Waals surface area (Å²) < 4.78 is 43.6. The Balaban J connectivity index is 0.979. The van der Waals surface area contributed by atoms with Crippen molar-refractivity contribution in [3.05, 3.63) is 35.9 Å². The molecule has 5 fully saturated rings. The minimum Gasteiger partial charge on any atom is -0.481 e. The fourth-order valence-corrected chi connectivity index (χ4v) is 10.6. The number of benzene rings is 1. The van der Waals surface area contributed by atoms with Gasteiger partial charge in [0.05, 0.1) is 58.9 Å². The van der Waals surface area contributed by atoms with Crippen molar-refractivity contribution in [1.29, 1.82) is 0 Å². The SMILES string of the molecule is NC(=O)CNC(=O)[C@@H]1CCCN1C(=O)[C@H](Cc1ccccc1)NC(=O)CNC(=O)[C@H](CC(N)=O)NC(=O)[C@H](CC(=O)O)NC(=O)CNC(=O)[C@@H](N)CO[C@@H]1OC[C@@H](O[C@@H]2O[C@H](CO)[C@H](O)[C@H](O[C@@H]3O[C@H](CO)[C@H](O)[C@H](O[C@@H]4O[C@H](C(=O)O)[C@@H](O)[C@H](O)[C@H]4O)[C@H]3O)[C@H]2O)[C@H](O)[C@H]1O. The van der Waals surface area contributed by atoms with Crippen LogP contribution in [-0.2, 0) is 97.1 Å². The van der Waals surface area contributed by atoms with Gasteiger partial charge in [-0.15, -0.1) is 0 Å². The number of hydrogen-bond acceptors (Lipinski definition) is 31. The van der Waals surface area contributed by atoms with Crippen LogP contribution in [-0.4, -0.2) is 336 Å². The van der Waals surface area contributed by atoms with E-state index in [9.17, 15) is 119 Å². The molecule has 1 aromatic rings. The summed E-state index contributed by atoms with van der Waals surface area (Å²) in [7, 11) is 0. The van der Waals surface area contributed by atoms with Gasteiger partial charge in [0, 0.05) is 13.0 Å². The van der Waals surface area contributed by atoms with E-state index in [1.54, 1.807) is 30.3 Å². The number of aliphatic hydroxyl groups is 11. The van der Waals surface area contributed by atoms with Crippen molar-refractivity contribution in [3.8, 4) is 0 Å². The van der Waals surface area contributed by atoms with Crippen LogP contribution in [0.3, 0.4) is 0 Å². The number of carboxylic acids is 2. The number of rotatable bonds is 32. The summed E-state index contributed by atoms with van der Waals surface area (Å²) in [6.45, 7) is -5.82. The highest BCUT2D eigenvalue weighted by Crippen LogP contribution is 2.34. The van der Waals surface area contributed by atoms with Crippen molar-refractivity contribution in [3.63, 3.8) is 0 Å². The average Bonchev–Trinajstić information content (AvgIpc) is 0.863. The predicted molar refractivity (Wildman–Crippen MR) is 305 cm³/mol. The number of aliphatic carboxylic acids is 2. The van der Waals surface area contributed by atoms with Gasteiger partial charge in [0.2, 0.25) is 53.2 Å². The van der Waals surface area contributed by atoms with Gasteiger partial charge in [0.1, 0.15) is 116 Å². The summed E-state index contributed by atoms with van der Waals surface area (Å²) in [6, 6.07) is 0.447. The van der Waals surface area contributed by atoms with E-state index in [1.165, 1.54) is 4.90 Å². The van der Waals surface area contributed by atoms with Gasteiger partial charge in [-0.25, -0.2) is 4.79 Å². The van der Waals surface area contributed by atoms with Crippen molar-refractivity contribution in [2.75, 3.05) is 52.6 Å². The first-order valence-corrected chi connectivity index (χ1v) is 29.7. The highest BCUT2D eigenvalue weighted by molar-refractivity contribution is 5.98. The number of nitrogens with two attached hydrogens (primary N) is 3. The Morgan fingerprint density at radius 1 is 0.573 bits per heavy atom. The highest BCUT2D eigenvalue weighted by atomic mass is 16.8. The second-order valence-electron chi connectivity index (χ2n) is 22.7. The fourth-order valence-electron chi connectivity index (χ4n) is 10.6. The fraction of sp³-hybridized carbons (Fsp3) is 0.685. The van der Waals surface area contributed by atoms with Gasteiger partial charge in [0.25, 0.3) is 0 Å². The number of carbonyl (C=O) groups excluding carboxylic acids is 9. The molecule has 5 aliphatic heterocycles.